The van der Waals surface area contributed by atoms with Crippen molar-refractivity contribution in [3.63, 3.8) is 0 Å². The van der Waals surface area contributed by atoms with Gasteiger partial charge < -0.3 is 10.5 Å². The maximum atomic E-state index is 12.2. The lowest BCUT2D eigenvalue weighted by Crippen LogP contribution is -2.30. The third-order valence-corrected chi connectivity index (χ3v) is 3.00. The van der Waals surface area contributed by atoms with Crippen LogP contribution in [0.5, 0.6) is 0 Å². The third-order valence-electron chi connectivity index (χ3n) is 3.00. The molecule has 5 nitrogen and oxygen atoms in total. The van der Waals surface area contributed by atoms with Crippen molar-refractivity contribution in [1.82, 2.24) is 4.98 Å². The Morgan fingerprint density at radius 3 is 2.60 bits per heavy atom. The summed E-state index contributed by atoms with van der Waals surface area (Å²) in [6.45, 7) is 5.18. The first-order valence-electron chi connectivity index (χ1n) is 6.27. The number of aryl methyl sites for hydroxylation is 2. The molecule has 0 saturated heterocycles. The molecule has 0 unspecified atom stereocenters. The predicted molar refractivity (Wildman–Crippen MR) is 75.3 cm³/mol. The second-order valence-electron chi connectivity index (χ2n) is 4.78. The molecule has 0 radical (unpaired) electrons. The molecule has 104 valence electrons. The van der Waals surface area contributed by atoms with Gasteiger partial charge in [0.2, 0.25) is 0 Å². The molecule has 0 saturated carbocycles. The Labute approximate surface area is 116 Å². The Hall–Kier alpha value is -2.43. The van der Waals surface area contributed by atoms with Crippen molar-refractivity contribution in [2.75, 3.05) is 0 Å². The van der Waals surface area contributed by atoms with E-state index in [2.05, 4.69) is 4.98 Å². The van der Waals surface area contributed by atoms with Gasteiger partial charge in [-0.1, -0.05) is 11.6 Å². The van der Waals surface area contributed by atoms with E-state index in [-0.39, 0.29) is 0 Å². The molecule has 2 aromatic rings. The van der Waals surface area contributed by atoms with Gasteiger partial charge in [0, 0.05) is 11.1 Å². The number of aromatic nitrogens is 1. The zero-order valence-corrected chi connectivity index (χ0v) is 11.6. The molecule has 0 aliphatic carbocycles. The fourth-order valence-corrected chi connectivity index (χ4v) is 1.92. The van der Waals surface area contributed by atoms with Gasteiger partial charge in [0.25, 0.3) is 5.91 Å². The zero-order chi connectivity index (χ0) is 14.9. The lowest BCUT2D eigenvalue weighted by molar-refractivity contribution is -0.125. The first-order chi connectivity index (χ1) is 9.38. The largest absolute Gasteiger partial charge is 0.449 e. The summed E-state index contributed by atoms with van der Waals surface area (Å²) in [6, 6.07) is 7.30. The number of pyridine rings is 1. The normalized spacial score (nSPS) is 12.2. The maximum Gasteiger partial charge on any atom is 0.339 e. The maximum absolute atomic E-state index is 12.2. The Balaban J connectivity index is 2.50. The van der Waals surface area contributed by atoms with Gasteiger partial charge in [-0.15, -0.1) is 0 Å². The van der Waals surface area contributed by atoms with Crippen LogP contribution >= 0.6 is 0 Å². The molecule has 2 rings (SSSR count). The number of rotatable bonds is 3. The summed E-state index contributed by atoms with van der Waals surface area (Å²) in [6.07, 6.45) is -0.962. The van der Waals surface area contributed by atoms with Crippen molar-refractivity contribution in [1.29, 1.82) is 0 Å². The summed E-state index contributed by atoms with van der Waals surface area (Å²) in [5.74, 6) is -1.25. The molecular formula is C15H16N2O3. The van der Waals surface area contributed by atoms with Crippen LogP contribution in [0.2, 0.25) is 0 Å². The quantitative estimate of drug-likeness (QED) is 0.865. The number of carbonyl (C=O) groups is 2. The van der Waals surface area contributed by atoms with Crippen LogP contribution in [0.3, 0.4) is 0 Å². The summed E-state index contributed by atoms with van der Waals surface area (Å²) in [5.41, 5.74) is 7.93. The van der Waals surface area contributed by atoms with E-state index >= 15 is 0 Å². The van der Waals surface area contributed by atoms with Gasteiger partial charge in [-0.3, -0.25) is 9.78 Å². The van der Waals surface area contributed by atoms with Crippen molar-refractivity contribution in [3.05, 3.63) is 41.1 Å². The number of hydrogen-bond donors (Lipinski definition) is 1. The number of esters is 1. The van der Waals surface area contributed by atoms with E-state index in [1.54, 1.807) is 13.0 Å². The van der Waals surface area contributed by atoms with E-state index in [1.807, 2.05) is 25.1 Å². The first kappa shape index (κ1) is 14.0. The number of fused-ring (bicyclic) bond motifs is 1. The lowest BCUT2D eigenvalue weighted by Gasteiger charge is -2.12. The predicted octanol–water partition coefficient (Wildman–Crippen LogP) is 1.88. The molecular weight excluding hydrogens is 256 g/mol. The summed E-state index contributed by atoms with van der Waals surface area (Å²) in [5, 5.41) is 0.706. The minimum absolute atomic E-state index is 0.393. The molecule has 0 aliphatic heterocycles. The van der Waals surface area contributed by atoms with Crippen molar-refractivity contribution in [2.24, 2.45) is 5.73 Å². The number of benzene rings is 1. The highest BCUT2D eigenvalue weighted by Gasteiger charge is 2.19. The van der Waals surface area contributed by atoms with Gasteiger partial charge in [0.15, 0.2) is 6.10 Å². The second kappa shape index (κ2) is 5.28. The van der Waals surface area contributed by atoms with Crippen LogP contribution in [0, 0.1) is 13.8 Å². The fraction of sp³-hybridized carbons (Fsp3) is 0.267. The van der Waals surface area contributed by atoms with E-state index in [4.69, 9.17) is 10.5 Å². The lowest BCUT2D eigenvalue weighted by atomic mass is 10.1. The standard InChI is InChI=1S/C15H16N2O3/c1-8-4-5-13-11(6-8)12(7-9(2)17-13)15(19)20-10(3)14(16)18/h4-7,10H,1-3H3,(H2,16,18)/t10-/m1/s1. The molecule has 5 heteroatoms. The van der Waals surface area contributed by atoms with Gasteiger partial charge >= 0.3 is 5.97 Å². The van der Waals surface area contributed by atoms with Crippen LogP contribution in [0.4, 0.5) is 0 Å². The van der Waals surface area contributed by atoms with E-state index in [0.29, 0.717) is 22.2 Å². The highest BCUT2D eigenvalue weighted by Crippen LogP contribution is 2.21. The molecule has 1 amide bonds. The van der Waals surface area contributed by atoms with E-state index in [9.17, 15) is 9.59 Å². The highest BCUT2D eigenvalue weighted by molar-refractivity contribution is 6.04. The molecule has 0 bridgehead atoms. The molecule has 1 aromatic heterocycles. The summed E-state index contributed by atoms with van der Waals surface area (Å²) in [4.78, 5) is 27.5. The minimum Gasteiger partial charge on any atom is -0.449 e. The number of amides is 1. The van der Waals surface area contributed by atoms with Crippen molar-refractivity contribution < 1.29 is 14.3 Å². The molecule has 20 heavy (non-hydrogen) atoms. The first-order valence-corrected chi connectivity index (χ1v) is 6.27. The van der Waals surface area contributed by atoms with Gasteiger partial charge in [-0.05, 0) is 39.0 Å². The zero-order valence-electron chi connectivity index (χ0n) is 11.6. The number of nitrogens with two attached hydrogens (primary N) is 1. The average molecular weight is 272 g/mol. The van der Waals surface area contributed by atoms with Gasteiger partial charge in [-0.25, -0.2) is 4.79 Å². The monoisotopic (exact) mass is 272 g/mol. The van der Waals surface area contributed by atoms with E-state index in [1.165, 1.54) is 6.92 Å². The number of ether oxygens (including phenoxy) is 1. The van der Waals surface area contributed by atoms with Gasteiger partial charge in [0.05, 0.1) is 11.1 Å². The Morgan fingerprint density at radius 2 is 1.95 bits per heavy atom. The van der Waals surface area contributed by atoms with Crippen molar-refractivity contribution in [3.8, 4) is 0 Å². The number of nitrogens with zero attached hydrogens (tertiary/aromatic N) is 1. The van der Waals surface area contributed by atoms with Gasteiger partial charge in [0.1, 0.15) is 0 Å². The second-order valence-corrected chi connectivity index (χ2v) is 4.78. The summed E-state index contributed by atoms with van der Waals surface area (Å²) in [7, 11) is 0. The molecule has 1 aromatic carbocycles. The van der Waals surface area contributed by atoms with Crippen molar-refractivity contribution >= 4 is 22.8 Å². The van der Waals surface area contributed by atoms with Crippen molar-refractivity contribution in [2.45, 2.75) is 26.9 Å². The SMILES string of the molecule is Cc1ccc2nc(C)cc(C(=O)O[C@H](C)C(N)=O)c2c1. The van der Waals surface area contributed by atoms with Crippen LogP contribution in [-0.4, -0.2) is 23.0 Å². The van der Waals surface area contributed by atoms with Gasteiger partial charge in [-0.2, -0.15) is 0 Å². The molecule has 2 N–H and O–H groups in total. The van der Waals surface area contributed by atoms with Crippen LogP contribution in [0.1, 0.15) is 28.5 Å². The molecule has 1 heterocycles. The average Bonchev–Trinajstić information content (AvgIpc) is 2.38. The molecule has 0 fully saturated rings. The number of primary amides is 1. The molecule has 0 aliphatic rings. The molecule has 0 spiro atoms. The van der Waals surface area contributed by atoms with Crippen LogP contribution < -0.4 is 5.73 Å². The van der Waals surface area contributed by atoms with E-state index in [0.717, 1.165) is 5.56 Å². The Morgan fingerprint density at radius 1 is 1.25 bits per heavy atom. The smallest absolute Gasteiger partial charge is 0.339 e. The summed E-state index contributed by atoms with van der Waals surface area (Å²) >= 11 is 0. The minimum atomic E-state index is -0.962. The highest BCUT2D eigenvalue weighted by atomic mass is 16.5. The van der Waals surface area contributed by atoms with E-state index < -0.39 is 18.0 Å². The molecule has 1 atom stereocenters. The van der Waals surface area contributed by atoms with Crippen LogP contribution in [0.15, 0.2) is 24.3 Å². The Kier molecular flexibility index (Phi) is 3.70. The van der Waals surface area contributed by atoms with Crippen LogP contribution in [0.25, 0.3) is 10.9 Å². The number of carbonyl (C=O) groups excluding carboxylic acids is 2. The third kappa shape index (κ3) is 2.77. The number of hydrogen-bond acceptors (Lipinski definition) is 4. The Bertz CT molecular complexity index is 695. The fourth-order valence-electron chi connectivity index (χ4n) is 1.92. The summed E-state index contributed by atoms with van der Waals surface area (Å²) < 4.78 is 5.06. The topological polar surface area (TPSA) is 82.3 Å². The van der Waals surface area contributed by atoms with Crippen LogP contribution in [-0.2, 0) is 9.53 Å².